The summed E-state index contributed by atoms with van der Waals surface area (Å²) < 4.78 is 4.78. The fraction of sp³-hybridized carbons (Fsp3) is 0.125. The zero-order valence-corrected chi connectivity index (χ0v) is 6.57. The maximum Gasteiger partial charge on any atom is 0.181 e. The van der Waals surface area contributed by atoms with Crippen LogP contribution in [0.4, 0.5) is 5.69 Å². The molecular weight excluding hydrogens is 158 g/mol. The third-order valence-electron chi connectivity index (χ3n) is 1.48. The number of carbonyl (C=O) groups excluding carboxylic acids is 1. The molecule has 1 rings (SSSR count). The number of carbonyl (C=O) groups is 1. The molecule has 0 aliphatic rings. The number of hydrogen-bond acceptors (Lipinski definition) is 4. The van der Waals surface area contributed by atoms with Crippen molar-refractivity contribution in [2.45, 2.75) is 0 Å². The average Bonchev–Trinajstić information content (AvgIpc) is 2.09. The van der Waals surface area contributed by atoms with Gasteiger partial charge >= 0.3 is 0 Å². The summed E-state index contributed by atoms with van der Waals surface area (Å²) in [5.41, 5.74) is 5.90. The minimum absolute atomic E-state index is 0.136. The van der Waals surface area contributed by atoms with Crippen LogP contribution in [-0.2, 0) is 0 Å². The van der Waals surface area contributed by atoms with Crippen molar-refractivity contribution in [1.29, 1.82) is 0 Å². The highest BCUT2D eigenvalue weighted by atomic mass is 16.5. The Bertz CT molecular complexity index is 309. The van der Waals surface area contributed by atoms with Crippen molar-refractivity contribution in [3.05, 3.63) is 17.7 Å². The van der Waals surface area contributed by atoms with E-state index in [2.05, 4.69) is 0 Å². The van der Waals surface area contributed by atoms with Crippen LogP contribution in [0.5, 0.6) is 11.5 Å². The number of nitrogen functional groups attached to an aromatic ring is 1. The Kier molecular flexibility index (Phi) is 2.19. The smallest absolute Gasteiger partial charge is 0.181 e. The number of anilines is 1. The van der Waals surface area contributed by atoms with Gasteiger partial charge in [-0.3, -0.25) is 4.79 Å². The number of aldehydes is 1. The van der Waals surface area contributed by atoms with Crippen molar-refractivity contribution < 1.29 is 14.6 Å². The lowest BCUT2D eigenvalue weighted by Gasteiger charge is -2.05. The van der Waals surface area contributed by atoms with Gasteiger partial charge in [0, 0.05) is 5.56 Å². The van der Waals surface area contributed by atoms with Gasteiger partial charge in [0.1, 0.15) is 6.29 Å². The summed E-state index contributed by atoms with van der Waals surface area (Å²) in [6, 6.07) is 2.80. The van der Waals surface area contributed by atoms with Crippen LogP contribution in [0.1, 0.15) is 10.4 Å². The molecule has 0 saturated carbocycles. The van der Waals surface area contributed by atoms with Crippen LogP contribution in [0.15, 0.2) is 12.1 Å². The second kappa shape index (κ2) is 3.13. The molecule has 0 amide bonds. The fourth-order valence-corrected chi connectivity index (χ4v) is 0.875. The summed E-state index contributed by atoms with van der Waals surface area (Å²) in [5.74, 6) is 0.0696. The lowest BCUT2D eigenvalue weighted by Crippen LogP contribution is -1.92. The number of ether oxygens (including phenoxy) is 1. The zero-order chi connectivity index (χ0) is 9.14. The van der Waals surface area contributed by atoms with E-state index in [1.54, 1.807) is 0 Å². The number of benzene rings is 1. The van der Waals surface area contributed by atoms with Crippen molar-refractivity contribution >= 4 is 12.0 Å². The quantitative estimate of drug-likeness (QED) is 0.388. The summed E-state index contributed by atoms with van der Waals surface area (Å²) in [6.07, 6.45) is 0.637. The summed E-state index contributed by atoms with van der Waals surface area (Å²) in [4.78, 5) is 10.3. The van der Waals surface area contributed by atoms with E-state index < -0.39 is 0 Å². The van der Waals surface area contributed by atoms with Gasteiger partial charge in [0.2, 0.25) is 0 Å². The SMILES string of the molecule is COc1cc(C=O)cc(N)c1O. The standard InChI is InChI=1S/C8H9NO3/c1-12-7-3-5(4-10)2-6(9)8(7)11/h2-4,11H,9H2,1H3. The van der Waals surface area contributed by atoms with Crippen LogP contribution in [-0.4, -0.2) is 18.5 Å². The number of phenolic OH excluding ortho intramolecular Hbond substituents is 1. The Morgan fingerprint density at radius 3 is 2.75 bits per heavy atom. The molecule has 0 spiro atoms. The third kappa shape index (κ3) is 1.32. The maximum absolute atomic E-state index is 10.3. The van der Waals surface area contributed by atoms with Crippen molar-refractivity contribution in [2.75, 3.05) is 12.8 Å². The Hall–Kier alpha value is -1.71. The molecule has 0 unspecified atom stereocenters. The first-order valence-electron chi connectivity index (χ1n) is 3.30. The Morgan fingerprint density at radius 2 is 2.25 bits per heavy atom. The molecule has 0 radical (unpaired) electrons. The Balaban J connectivity index is 3.28. The monoisotopic (exact) mass is 167 g/mol. The molecule has 0 saturated heterocycles. The van der Waals surface area contributed by atoms with Crippen molar-refractivity contribution in [3.8, 4) is 11.5 Å². The molecule has 3 N–H and O–H groups in total. The van der Waals surface area contributed by atoms with Crippen LogP contribution >= 0.6 is 0 Å². The van der Waals surface area contributed by atoms with E-state index in [4.69, 9.17) is 10.5 Å². The fourth-order valence-electron chi connectivity index (χ4n) is 0.875. The number of hydrogen-bond donors (Lipinski definition) is 2. The third-order valence-corrected chi connectivity index (χ3v) is 1.48. The molecule has 0 atom stereocenters. The first-order chi connectivity index (χ1) is 5.69. The van der Waals surface area contributed by atoms with E-state index in [-0.39, 0.29) is 17.2 Å². The molecule has 1 aromatic carbocycles. The lowest BCUT2D eigenvalue weighted by atomic mass is 10.2. The van der Waals surface area contributed by atoms with E-state index in [0.29, 0.717) is 11.8 Å². The van der Waals surface area contributed by atoms with Crippen LogP contribution < -0.4 is 10.5 Å². The second-order valence-corrected chi connectivity index (χ2v) is 2.28. The van der Waals surface area contributed by atoms with Crippen LogP contribution in [0.2, 0.25) is 0 Å². The first-order valence-corrected chi connectivity index (χ1v) is 3.30. The minimum atomic E-state index is -0.136. The largest absolute Gasteiger partial charge is 0.503 e. The van der Waals surface area contributed by atoms with E-state index in [1.165, 1.54) is 19.2 Å². The number of phenols is 1. The Labute approximate surface area is 69.6 Å². The van der Waals surface area contributed by atoms with E-state index >= 15 is 0 Å². The molecule has 4 heteroatoms. The van der Waals surface area contributed by atoms with Gasteiger partial charge in [-0.05, 0) is 12.1 Å². The van der Waals surface area contributed by atoms with Crippen molar-refractivity contribution in [3.63, 3.8) is 0 Å². The molecule has 4 nitrogen and oxygen atoms in total. The van der Waals surface area contributed by atoms with Crippen LogP contribution in [0.25, 0.3) is 0 Å². The summed E-state index contributed by atoms with van der Waals surface area (Å²) in [5, 5.41) is 9.25. The van der Waals surface area contributed by atoms with Gasteiger partial charge in [-0.1, -0.05) is 0 Å². The van der Waals surface area contributed by atoms with Crippen LogP contribution in [0, 0.1) is 0 Å². The van der Waals surface area contributed by atoms with E-state index in [0.717, 1.165) is 0 Å². The molecule has 64 valence electrons. The molecule has 1 aromatic rings. The predicted molar refractivity (Wildman–Crippen MR) is 44.5 cm³/mol. The van der Waals surface area contributed by atoms with E-state index in [9.17, 15) is 9.90 Å². The molecule has 0 aromatic heterocycles. The number of aromatic hydroxyl groups is 1. The number of rotatable bonds is 2. The minimum Gasteiger partial charge on any atom is -0.503 e. The van der Waals surface area contributed by atoms with Crippen molar-refractivity contribution in [2.24, 2.45) is 0 Å². The normalized spacial score (nSPS) is 9.42. The predicted octanol–water partition coefficient (Wildman–Crippen LogP) is 0.795. The first kappa shape index (κ1) is 8.39. The van der Waals surface area contributed by atoms with Gasteiger partial charge < -0.3 is 15.6 Å². The zero-order valence-electron chi connectivity index (χ0n) is 6.57. The lowest BCUT2D eigenvalue weighted by molar-refractivity contribution is 0.112. The van der Waals surface area contributed by atoms with Gasteiger partial charge in [0.25, 0.3) is 0 Å². The van der Waals surface area contributed by atoms with Gasteiger partial charge in [-0.25, -0.2) is 0 Å². The average molecular weight is 167 g/mol. The topological polar surface area (TPSA) is 72.5 Å². The molecule has 0 heterocycles. The van der Waals surface area contributed by atoms with Crippen LogP contribution in [0.3, 0.4) is 0 Å². The summed E-state index contributed by atoms with van der Waals surface area (Å²) in [6.45, 7) is 0. The van der Waals surface area contributed by atoms with Gasteiger partial charge in [-0.2, -0.15) is 0 Å². The molecule has 0 aliphatic carbocycles. The molecule has 0 fully saturated rings. The number of nitrogens with two attached hydrogens (primary N) is 1. The van der Waals surface area contributed by atoms with Gasteiger partial charge in [0.05, 0.1) is 12.8 Å². The highest BCUT2D eigenvalue weighted by molar-refractivity contribution is 5.80. The maximum atomic E-state index is 10.3. The van der Waals surface area contributed by atoms with Gasteiger partial charge in [-0.15, -0.1) is 0 Å². The second-order valence-electron chi connectivity index (χ2n) is 2.28. The van der Waals surface area contributed by atoms with E-state index in [1.807, 2.05) is 0 Å². The Morgan fingerprint density at radius 1 is 1.58 bits per heavy atom. The highest BCUT2D eigenvalue weighted by Crippen LogP contribution is 2.32. The van der Waals surface area contributed by atoms with Gasteiger partial charge in [0.15, 0.2) is 11.5 Å². The highest BCUT2D eigenvalue weighted by Gasteiger charge is 2.06. The molecule has 12 heavy (non-hydrogen) atoms. The molecule has 0 bridgehead atoms. The summed E-state index contributed by atoms with van der Waals surface area (Å²) in [7, 11) is 1.39. The number of methoxy groups -OCH3 is 1. The summed E-state index contributed by atoms with van der Waals surface area (Å²) >= 11 is 0. The molecule has 0 aliphatic heterocycles. The molecular formula is C8H9NO3. The van der Waals surface area contributed by atoms with Crippen molar-refractivity contribution in [1.82, 2.24) is 0 Å².